The summed E-state index contributed by atoms with van der Waals surface area (Å²) in [6, 6.07) is 6.67. The van der Waals surface area contributed by atoms with Crippen LogP contribution in [-0.2, 0) is 14.8 Å². The maximum atomic E-state index is 13.1. The minimum absolute atomic E-state index is 0.202. The van der Waals surface area contributed by atoms with E-state index in [1.165, 1.54) is 18.4 Å². The number of hydrogen-bond acceptors (Lipinski definition) is 5. The number of amides is 3. The van der Waals surface area contributed by atoms with Crippen LogP contribution in [0.3, 0.4) is 0 Å². The number of hydrogen-bond donors (Lipinski definition) is 1. The third-order valence-electron chi connectivity index (χ3n) is 4.85. The number of nitrogens with zero attached hydrogens (tertiary/aromatic N) is 4. The molecule has 11 heteroatoms. The average Bonchev–Trinajstić information content (AvgIpc) is 2.65. The molecule has 0 aliphatic carbocycles. The van der Waals surface area contributed by atoms with E-state index in [4.69, 9.17) is 17.0 Å². The Morgan fingerprint density at radius 2 is 1.70 bits per heavy atom. The molecule has 2 heterocycles. The number of anilines is 1. The van der Waals surface area contributed by atoms with E-state index < -0.39 is 27.2 Å². The Hall–Kier alpha value is -2.17. The van der Waals surface area contributed by atoms with Gasteiger partial charge in [0.25, 0.3) is 17.0 Å². The number of sulfonamides is 1. The molecule has 0 bridgehead atoms. The van der Waals surface area contributed by atoms with Crippen LogP contribution in [0.25, 0.3) is 0 Å². The van der Waals surface area contributed by atoms with Gasteiger partial charge >= 0.3 is 6.03 Å². The first-order chi connectivity index (χ1) is 12.6. The molecule has 0 aromatic heterocycles. The zero-order valence-corrected chi connectivity index (χ0v) is 16.6. The van der Waals surface area contributed by atoms with Crippen LogP contribution < -0.4 is 10.3 Å². The van der Waals surface area contributed by atoms with Gasteiger partial charge in [0.1, 0.15) is 0 Å². The van der Waals surface area contributed by atoms with Crippen molar-refractivity contribution in [1.29, 1.82) is 0 Å². The summed E-state index contributed by atoms with van der Waals surface area (Å²) in [5.41, 5.74) is 0.907. The summed E-state index contributed by atoms with van der Waals surface area (Å²) >= 11 is 6.01. The van der Waals surface area contributed by atoms with Crippen LogP contribution in [0.1, 0.15) is 0 Å². The minimum Gasteiger partial charge on any atom is -0.369 e. The molecule has 146 valence electrons. The van der Waals surface area contributed by atoms with Gasteiger partial charge < -0.3 is 4.90 Å². The molecule has 2 saturated heterocycles. The number of imide groups is 1. The van der Waals surface area contributed by atoms with Gasteiger partial charge in [-0.2, -0.15) is 9.21 Å². The molecule has 2 fully saturated rings. The summed E-state index contributed by atoms with van der Waals surface area (Å²) in [5.74, 6) is -1.12. The second-order valence-corrected chi connectivity index (χ2v) is 8.91. The van der Waals surface area contributed by atoms with E-state index in [-0.39, 0.29) is 18.9 Å². The van der Waals surface area contributed by atoms with Gasteiger partial charge in [-0.05, 0) is 18.2 Å². The predicted octanol–water partition coefficient (Wildman–Crippen LogP) is -1.16. The van der Waals surface area contributed by atoms with E-state index in [1.54, 1.807) is 6.07 Å². The van der Waals surface area contributed by atoms with Crippen molar-refractivity contribution in [1.82, 2.24) is 14.1 Å². The van der Waals surface area contributed by atoms with E-state index in [2.05, 4.69) is 0 Å². The van der Waals surface area contributed by atoms with Crippen LogP contribution in [0, 0.1) is 0 Å². The van der Waals surface area contributed by atoms with E-state index in [0.29, 0.717) is 18.1 Å². The molecule has 1 aromatic carbocycles. The van der Waals surface area contributed by atoms with E-state index in [1.807, 2.05) is 23.1 Å². The largest absolute Gasteiger partial charge is 0.417 e. The monoisotopic (exact) mass is 414 g/mol. The Morgan fingerprint density at radius 1 is 1.07 bits per heavy atom. The van der Waals surface area contributed by atoms with Crippen molar-refractivity contribution in [3.63, 3.8) is 0 Å². The molecule has 3 amide bonds. The van der Waals surface area contributed by atoms with Gasteiger partial charge in [-0.15, -0.1) is 0 Å². The van der Waals surface area contributed by atoms with Crippen molar-refractivity contribution in [2.45, 2.75) is 5.25 Å². The second kappa shape index (κ2) is 7.10. The Labute approximate surface area is 162 Å². The fourth-order valence-corrected chi connectivity index (χ4v) is 5.24. The lowest BCUT2D eigenvalue weighted by Gasteiger charge is -2.38. The maximum absolute atomic E-state index is 13.1. The third kappa shape index (κ3) is 3.40. The number of carbonyl (C=O) groups is 2. The van der Waals surface area contributed by atoms with Crippen molar-refractivity contribution in [3.05, 3.63) is 29.3 Å². The van der Waals surface area contributed by atoms with Crippen LogP contribution in [0.15, 0.2) is 24.3 Å². The van der Waals surface area contributed by atoms with E-state index >= 15 is 0 Å². The normalized spacial score (nSPS) is 22.6. The van der Waals surface area contributed by atoms with Crippen LogP contribution in [0.5, 0.6) is 0 Å². The summed E-state index contributed by atoms with van der Waals surface area (Å²) in [6.07, 6.45) is 0. The smallest absolute Gasteiger partial charge is 0.369 e. The van der Waals surface area contributed by atoms with Crippen LogP contribution >= 0.6 is 11.6 Å². The molecule has 0 radical (unpaired) electrons. The zero-order valence-electron chi connectivity index (χ0n) is 15.0. The molecule has 27 heavy (non-hydrogen) atoms. The molecule has 9 nitrogen and oxygen atoms in total. The molecule has 0 saturated carbocycles. The number of piperazine rings is 1. The topological polar surface area (TPSA) is 107 Å². The van der Waals surface area contributed by atoms with Gasteiger partial charge in [0.05, 0.1) is 7.05 Å². The first-order valence-electron chi connectivity index (χ1n) is 8.31. The molecule has 3 rings (SSSR count). The number of urea groups is 1. The molecule has 2 N–H and O–H groups in total. The van der Waals surface area contributed by atoms with Crippen molar-refractivity contribution < 1.29 is 23.4 Å². The van der Waals surface area contributed by atoms with Gasteiger partial charge in [0.2, 0.25) is 10.0 Å². The average molecular weight is 415 g/mol. The summed E-state index contributed by atoms with van der Waals surface area (Å²) in [5, 5.41) is 4.85. The molecular formula is C16H21ClN5O4S+. The molecular weight excluding hydrogens is 394 g/mol. The lowest BCUT2D eigenvalue weighted by molar-refractivity contribution is -0.140. The summed E-state index contributed by atoms with van der Waals surface area (Å²) in [6.45, 7) is 1.30. The summed E-state index contributed by atoms with van der Waals surface area (Å²) in [7, 11) is -1.46. The van der Waals surface area contributed by atoms with E-state index in [0.717, 1.165) is 15.5 Å². The Morgan fingerprint density at radius 3 is 2.30 bits per heavy atom. The number of halogens is 1. The molecule has 0 spiro atoms. The highest BCUT2D eigenvalue weighted by Gasteiger charge is 2.54. The van der Waals surface area contributed by atoms with E-state index in [9.17, 15) is 18.0 Å². The fourth-order valence-electron chi connectivity index (χ4n) is 3.21. The quantitative estimate of drug-likeness (QED) is 0.671. The second-order valence-electron chi connectivity index (χ2n) is 6.45. The number of benzene rings is 1. The third-order valence-corrected chi connectivity index (χ3v) is 7.21. The van der Waals surface area contributed by atoms with Crippen LogP contribution in [-0.4, -0.2) is 85.8 Å². The zero-order chi connectivity index (χ0) is 19.9. The Kier molecular flexibility index (Phi) is 5.15. The Balaban J connectivity index is 1.78. The van der Waals surface area contributed by atoms with Gasteiger partial charge in [0.15, 0.2) is 0 Å². The van der Waals surface area contributed by atoms with Gasteiger partial charge in [0, 0.05) is 43.9 Å². The number of rotatable bonds is 3. The highest BCUT2D eigenvalue weighted by molar-refractivity contribution is 7.91. The van der Waals surface area contributed by atoms with Crippen molar-refractivity contribution in [2.75, 3.05) is 45.2 Å². The number of nitrogens with two attached hydrogens (primary N) is 1. The standard InChI is InChI=1S/C16H20ClN5O4S/c1-19-14(18)13(15(23)20(2)16(19)24)27(25,26)22-8-6-21(7-9-22)12-5-3-4-11(17)10-12/h3-5,10,13,18H,6-9H2,1-2H3/p+1. The SMILES string of the molecule is CN1C(=[NH2+])C(S(=O)(=O)N2CCN(c3cccc(Cl)c3)CC2)C(=O)N(C)C1=O. The van der Waals surface area contributed by atoms with Crippen molar-refractivity contribution in [3.8, 4) is 0 Å². The molecule has 1 aromatic rings. The maximum Gasteiger partial charge on any atom is 0.417 e. The van der Waals surface area contributed by atoms with Crippen LogP contribution in [0.4, 0.5) is 10.5 Å². The van der Waals surface area contributed by atoms with Gasteiger partial charge in [-0.3, -0.25) is 10.2 Å². The molecule has 1 atom stereocenters. The molecule has 2 aliphatic heterocycles. The Bertz CT molecular complexity index is 874. The summed E-state index contributed by atoms with van der Waals surface area (Å²) in [4.78, 5) is 28.2. The molecule has 1 unspecified atom stereocenters. The first-order valence-corrected chi connectivity index (χ1v) is 10.2. The highest BCUT2D eigenvalue weighted by atomic mass is 35.5. The fraction of sp³-hybridized carbons (Fsp3) is 0.438. The first kappa shape index (κ1) is 19.6. The van der Waals surface area contributed by atoms with Gasteiger partial charge in [-0.25, -0.2) is 18.1 Å². The lowest BCUT2D eigenvalue weighted by atomic mass is 10.2. The van der Waals surface area contributed by atoms with Gasteiger partial charge in [-0.1, -0.05) is 17.7 Å². The van der Waals surface area contributed by atoms with Crippen LogP contribution in [0.2, 0.25) is 5.02 Å². The highest BCUT2D eigenvalue weighted by Crippen LogP contribution is 2.24. The number of amidine groups is 1. The summed E-state index contributed by atoms with van der Waals surface area (Å²) < 4.78 is 27.4. The van der Waals surface area contributed by atoms with Crippen molar-refractivity contribution in [2.24, 2.45) is 0 Å². The molecule has 2 aliphatic rings. The predicted molar refractivity (Wildman–Crippen MR) is 101 cm³/mol. The lowest BCUT2D eigenvalue weighted by Crippen LogP contribution is -2.71. The number of carbonyl (C=O) groups excluding carboxylic acids is 2. The minimum atomic E-state index is -4.05. The van der Waals surface area contributed by atoms with Crippen molar-refractivity contribution >= 4 is 45.1 Å².